The second-order valence-corrected chi connectivity index (χ2v) is 5.52. The van der Waals surface area contributed by atoms with Crippen LogP contribution in [0.4, 0.5) is 5.69 Å². The number of hydrogen-bond donors (Lipinski definition) is 0. The lowest BCUT2D eigenvalue weighted by atomic mass is 10.1. The number of anilines is 1. The normalized spacial score (nSPS) is 27.4. The van der Waals surface area contributed by atoms with Gasteiger partial charge in [0.25, 0.3) is 0 Å². The minimum atomic E-state index is 0.229. The molecular weight excluding hydrogens is 236 g/mol. The van der Waals surface area contributed by atoms with Crippen LogP contribution in [0.1, 0.15) is 25.7 Å². The van der Waals surface area contributed by atoms with Crippen LogP contribution in [0.3, 0.4) is 0 Å². The zero-order valence-electron chi connectivity index (χ0n) is 11.0. The summed E-state index contributed by atoms with van der Waals surface area (Å²) < 4.78 is 0. The summed E-state index contributed by atoms with van der Waals surface area (Å²) >= 11 is 0. The average molecular weight is 254 g/mol. The number of amides is 1. The van der Waals surface area contributed by atoms with Crippen molar-refractivity contribution in [2.45, 2.75) is 25.7 Å². The average Bonchev–Trinajstić information content (AvgIpc) is 2.93. The van der Waals surface area contributed by atoms with Crippen molar-refractivity contribution in [3.8, 4) is 6.07 Å². The summed E-state index contributed by atoms with van der Waals surface area (Å²) in [5.74, 6) is 1.71. The van der Waals surface area contributed by atoms with Gasteiger partial charge in [-0.15, -0.1) is 0 Å². The number of carbonyl (C=O) groups is 1. The van der Waals surface area contributed by atoms with Gasteiger partial charge < -0.3 is 4.90 Å². The molecule has 1 aromatic carbocycles. The Morgan fingerprint density at radius 2 is 1.95 bits per heavy atom. The van der Waals surface area contributed by atoms with E-state index in [1.165, 1.54) is 19.3 Å². The van der Waals surface area contributed by atoms with Gasteiger partial charge in [0.05, 0.1) is 12.5 Å². The minimum Gasteiger partial charge on any atom is -0.311 e. The van der Waals surface area contributed by atoms with Crippen LogP contribution in [0.2, 0.25) is 0 Å². The summed E-state index contributed by atoms with van der Waals surface area (Å²) in [6, 6.07) is 11.9. The standard InChI is InChI=1S/C16H18N2O/c17-10-5-11-18(12-6-2-1-3-7-12)16(19)15-13-8-4-9-14(13)15/h1-3,6-7,13-15H,4-5,8-9,11H2. The second kappa shape index (κ2) is 5.05. The molecule has 0 saturated heterocycles. The van der Waals surface area contributed by atoms with E-state index in [1.807, 2.05) is 35.2 Å². The highest BCUT2D eigenvalue weighted by atomic mass is 16.2. The first-order valence-corrected chi connectivity index (χ1v) is 7.06. The number of para-hydroxylation sites is 1. The van der Waals surface area contributed by atoms with Gasteiger partial charge in [-0.3, -0.25) is 4.79 Å². The first kappa shape index (κ1) is 12.2. The zero-order chi connectivity index (χ0) is 13.2. The molecule has 0 spiro atoms. The molecule has 2 saturated carbocycles. The third-order valence-corrected chi connectivity index (χ3v) is 4.47. The summed E-state index contributed by atoms with van der Waals surface area (Å²) in [5, 5.41) is 8.77. The zero-order valence-corrected chi connectivity index (χ0v) is 11.0. The van der Waals surface area contributed by atoms with Gasteiger partial charge in [-0.05, 0) is 36.8 Å². The maximum atomic E-state index is 12.6. The first-order chi connectivity index (χ1) is 9.33. The molecule has 3 rings (SSSR count). The Labute approximate surface area is 113 Å². The Kier molecular flexibility index (Phi) is 3.25. The van der Waals surface area contributed by atoms with Gasteiger partial charge in [0.2, 0.25) is 5.91 Å². The molecule has 2 aliphatic rings. The molecule has 98 valence electrons. The quantitative estimate of drug-likeness (QED) is 0.829. The fourth-order valence-electron chi connectivity index (χ4n) is 3.50. The van der Waals surface area contributed by atoms with Crippen molar-refractivity contribution in [1.29, 1.82) is 5.26 Å². The van der Waals surface area contributed by atoms with E-state index in [2.05, 4.69) is 6.07 Å². The van der Waals surface area contributed by atoms with E-state index in [9.17, 15) is 4.79 Å². The predicted molar refractivity (Wildman–Crippen MR) is 73.3 cm³/mol. The molecular formula is C16H18N2O. The van der Waals surface area contributed by atoms with Gasteiger partial charge in [0.15, 0.2) is 0 Å². The van der Waals surface area contributed by atoms with Crippen LogP contribution < -0.4 is 4.90 Å². The molecule has 1 aromatic rings. The molecule has 3 heteroatoms. The largest absolute Gasteiger partial charge is 0.311 e. The van der Waals surface area contributed by atoms with E-state index in [4.69, 9.17) is 5.26 Å². The predicted octanol–water partition coefficient (Wildman–Crippen LogP) is 2.98. The lowest BCUT2D eigenvalue weighted by molar-refractivity contribution is -0.120. The fraction of sp³-hybridized carbons (Fsp3) is 0.500. The molecule has 0 aromatic heterocycles. The van der Waals surface area contributed by atoms with Crippen molar-refractivity contribution >= 4 is 11.6 Å². The highest BCUT2D eigenvalue weighted by Gasteiger charge is 2.57. The summed E-state index contributed by atoms with van der Waals surface area (Å²) in [6.45, 7) is 0.509. The first-order valence-electron chi connectivity index (χ1n) is 7.06. The Balaban J connectivity index is 1.76. The molecule has 19 heavy (non-hydrogen) atoms. The van der Waals surface area contributed by atoms with Crippen molar-refractivity contribution in [1.82, 2.24) is 0 Å². The minimum absolute atomic E-state index is 0.229. The third-order valence-electron chi connectivity index (χ3n) is 4.47. The molecule has 0 radical (unpaired) electrons. The van der Waals surface area contributed by atoms with E-state index in [0.717, 1.165) is 5.69 Å². The van der Waals surface area contributed by atoms with Crippen molar-refractivity contribution in [2.24, 2.45) is 17.8 Å². The molecule has 2 unspecified atom stereocenters. The Morgan fingerprint density at radius 3 is 2.58 bits per heavy atom. The van der Waals surface area contributed by atoms with Crippen molar-refractivity contribution < 1.29 is 4.79 Å². The highest BCUT2D eigenvalue weighted by molar-refractivity contribution is 5.97. The van der Waals surface area contributed by atoms with Crippen LogP contribution >= 0.6 is 0 Å². The van der Waals surface area contributed by atoms with Crippen LogP contribution in [0, 0.1) is 29.1 Å². The maximum Gasteiger partial charge on any atom is 0.230 e. The van der Waals surface area contributed by atoms with E-state index in [1.54, 1.807) is 0 Å². The number of fused-ring (bicyclic) bond motifs is 1. The monoisotopic (exact) mass is 254 g/mol. The lowest BCUT2D eigenvalue weighted by Crippen LogP contribution is -2.34. The van der Waals surface area contributed by atoms with Gasteiger partial charge in [0.1, 0.15) is 0 Å². The number of hydrogen-bond acceptors (Lipinski definition) is 2. The number of nitrogens with zero attached hydrogens (tertiary/aromatic N) is 2. The summed E-state index contributed by atoms with van der Waals surface area (Å²) in [6.07, 6.45) is 4.09. The van der Waals surface area contributed by atoms with Gasteiger partial charge in [-0.1, -0.05) is 24.6 Å². The molecule has 2 aliphatic carbocycles. The summed E-state index contributed by atoms with van der Waals surface area (Å²) in [4.78, 5) is 14.5. The highest BCUT2D eigenvalue weighted by Crippen LogP contribution is 2.58. The molecule has 2 atom stereocenters. The topological polar surface area (TPSA) is 44.1 Å². The van der Waals surface area contributed by atoms with E-state index in [0.29, 0.717) is 24.8 Å². The lowest BCUT2D eigenvalue weighted by Gasteiger charge is -2.22. The van der Waals surface area contributed by atoms with Crippen LogP contribution in [-0.2, 0) is 4.79 Å². The van der Waals surface area contributed by atoms with E-state index < -0.39 is 0 Å². The van der Waals surface area contributed by atoms with Crippen molar-refractivity contribution in [3.05, 3.63) is 30.3 Å². The summed E-state index contributed by atoms with van der Waals surface area (Å²) in [5.41, 5.74) is 0.924. The van der Waals surface area contributed by atoms with Gasteiger partial charge in [0, 0.05) is 18.2 Å². The molecule has 3 nitrogen and oxygen atoms in total. The number of nitriles is 1. The molecule has 2 fully saturated rings. The number of carbonyl (C=O) groups excluding carboxylic acids is 1. The van der Waals surface area contributed by atoms with Crippen molar-refractivity contribution in [3.63, 3.8) is 0 Å². The van der Waals surface area contributed by atoms with E-state index >= 15 is 0 Å². The van der Waals surface area contributed by atoms with Crippen LogP contribution in [0.5, 0.6) is 0 Å². The number of benzene rings is 1. The fourth-order valence-corrected chi connectivity index (χ4v) is 3.50. The summed E-state index contributed by atoms with van der Waals surface area (Å²) in [7, 11) is 0. The third kappa shape index (κ3) is 2.23. The van der Waals surface area contributed by atoms with Gasteiger partial charge in [-0.2, -0.15) is 5.26 Å². The van der Waals surface area contributed by atoms with Crippen LogP contribution in [0.15, 0.2) is 30.3 Å². The SMILES string of the molecule is N#CCCN(C(=O)C1C2CCCC21)c1ccccc1. The Hall–Kier alpha value is -1.82. The molecule has 0 N–H and O–H groups in total. The Bertz CT molecular complexity index is 495. The molecule has 0 aliphatic heterocycles. The maximum absolute atomic E-state index is 12.6. The van der Waals surface area contributed by atoms with Gasteiger partial charge >= 0.3 is 0 Å². The molecule has 1 amide bonds. The van der Waals surface area contributed by atoms with Crippen LogP contribution in [-0.4, -0.2) is 12.5 Å². The van der Waals surface area contributed by atoms with Crippen LogP contribution in [0.25, 0.3) is 0 Å². The molecule has 0 heterocycles. The number of rotatable bonds is 4. The Morgan fingerprint density at radius 1 is 1.26 bits per heavy atom. The van der Waals surface area contributed by atoms with Gasteiger partial charge in [-0.25, -0.2) is 0 Å². The van der Waals surface area contributed by atoms with E-state index in [-0.39, 0.29) is 11.8 Å². The second-order valence-electron chi connectivity index (χ2n) is 5.52. The smallest absolute Gasteiger partial charge is 0.230 e. The van der Waals surface area contributed by atoms with Crippen molar-refractivity contribution in [2.75, 3.05) is 11.4 Å². The molecule has 0 bridgehead atoms.